The van der Waals surface area contributed by atoms with E-state index in [1.807, 2.05) is 30.3 Å². The molecule has 1 aromatic heterocycles. The highest BCUT2D eigenvalue weighted by Crippen LogP contribution is 2.25. The zero-order valence-corrected chi connectivity index (χ0v) is 11.7. The summed E-state index contributed by atoms with van der Waals surface area (Å²) in [7, 11) is 0. The van der Waals surface area contributed by atoms with Crippen molar-refractivity contribution in [1.29, 1.82) is 0 Å². The van der Waals surface area contributed by atoms with Crippen LogP contribution in [0.5, 0.6) is 0 Å². The Morgan fingerprint density at radius 3 is 2.76 bits per heavy atom. The molecule has 2 N–H and O–H groups in total. The van der Waals surface area contributed by atoms with Crippen molar-refractivity contribution in [3.05, 3.63) is 53.3 Å². The number of nitrogens with zero attached hydrogens (tertiary/aromatic N) is 2. The normalized spacial score (nSPS) is 18.4. The fourth-order valence-electron chi connectivity index (χ4n) is 2.57. The van der Waals surface area contributed by atoms with Gasteiger partial charge in [0.2, 0.25) is 5.91 Å². The Hall–Kier alpha value is -2.63. The highest BCUT2D eigenvalue weighted by atomic mass is 16.2. The van der Waals surface area contributed by atoms with Crippen molar-refractivity contribution < 1.29 is 9.59 Å². The van der Waals surface area contributed by atoms with Crippen molar-refractivity contribution in [2.75, 3.05) is 13.1 Å². The van der Waals surface area contributed by atoms with Gasteiger partial charge in [0, 0.05) is 18.8 Å². The van der Waals surface area contributed by atoms with Crippen LogP contribution in [-0.4, -0.2) is 40.0 Å². The molecular formula is C15H16N4O2. The summed E-state index contributed by atoms with van der Waals surface area (Å²) in [6.07, 6.45) is 1.51. The molecule has 1 aliphatic rings. The summed E-state index contributed by atoms with van der Waals surface area (Å²) in [6.45, 7) is 2.74. The summed E-state index contributed by atoms with van der Waals surface area (Å²) < 4.78 is 0. The number of piperazine rings is 1. The lowest BCUT2D eigenvalue weighted by Gasteiger charge is -2.35. The van der Waals surface area contributed by atoms with E-state index in [0.717, 1.165) is 5.56 Å². The minimum absolute atomic E-state index is 0.151. The van der Waals surface area contributed by atoms with Crippen LogP contribution in [0.2, 0.25) is 0 Å². The van der Waals surface area contributed by atoms with Crippen molar-refractivity contribution in [3.63, 3.8) is 0 Å². The summed E-state index contributed by atoms with van der Waals surface area (Å²) in [5.74, 6) is -0.327. The predicted octanol–water partition coefficient (Wildman–Crippen LogP) is 1.03. The summed E-state index contributed by atoms with van der Waals surface area (Å²) in [6, 6.07) is 8.74. The number of aryl methyl sites for hydroxylation is 1. The maximum Gasteiger partial charge on any atom is 0.258 e. The Kier molecular flexibility index (Phi) is 3.43. The van der Waals surface area contributed by atoms with E-state index in [9.17, 15) is 9.59 Å². The van der Waals surface area contributed by atoms with Gasteiger partial charge in [0.1, 0.15) is 6.04 Å². The van der Waals surface area contributed by atoms with Crippen LogP contribution in [0.15, 0.2) is 36.5 Å². The zero-order valence-electron chi connectivity index (χ0n) is 11.7. The van der Waals surface area contributed by atoms with Gasteiger partial charge in [-0.1, -0.05) is 30.3 Å². The number of aromatic nitrogens is 2. The molecule has 21 heavy (non-hydrogen) atoms. The largest absolute Gasteiger partial charge is 0.352 e. The maximum atomic E-state index is 12.7. The number of aromatic amines is 1. The highest BCUT2D eigenvalue weighted by molar-refractivity contribution is 5.99. The summed E-state index contributed by atoms with van der Waals surface area (Å²) in [5, 5.41) is 9.46. The number of H-pyrrole nitrogens is 1. The van der Waals surface area contributed by atoms with Crippen LogP contribution >= 0.6 is 0 Å². The summed E-state index contributed by atoms with van der Waals surface area (Å²) in [4.78, 5) is 26.5. The van der Waals surface area contributed by atoms with E-state index in [1.165, 1.54) is 6.20 Å². The molecule has 1 aliphatic heterocycles. The van der Waals surface area contributed by atoms with Gasteiger partial charge in [0.25, 0.3) is 5.91 Å². The Labute approximate surface area is 122 Å². The molecule has 6 nitrogen and oxygen atoms in total. The van der Waals surface area contributed by atoms with Crippen molar-refractivity contribution in [2.45, 2.75) is 13.0 Å². The van der Waals surface area contributed by atoms with Crippen LogP contribution in [0.3, 0.4) is 0 Å². The van der Waals surface area contributed by atoms with Crippen molar-refractivity contribution in [1.82, 2.24) is 20.4 Å². The first-order valence-electron chi connectivity index (χ1n) is 6.82. The molecule has 2 heterocycles. The molecule has 2 aromatic rings. The van der Waals surface area contributed by atoms with E-state index in [1.54, 1.807) is 11.8 Å². The van der Waals surface area contributed by atoms with E-state index in [0.29, 0.717) is 24.3 Å². The van der Waals surface area contributed by atoms with Crippen LogP contribution in [0, 0.1) is 6.92 Å². The first kappa shape index (κ1) is 13.4. The SMILES string of the molecule is Cc1[nH]ncc1C(=O)N1CCNC(=O)[C@H]1c1ccccc1. The molecule has 1 aromatic carbocycles. The average molecular weight is 284 g/mol. The second-order valence-electron chi connectivity index (χ2n) is 5.01. The van der Waals surface area contributed by atoms with Crippen LogP contribution in [0.25, 0.3) is 0 Å². The molecule has 3 rings (SSSR count). The lowest BCUT2D eigenvalue weighted by atomic mass is 10.0. The molecule has 0 bridgehead atoms. The third kappa shape index (κ3) is 2.40. The predicted molar refractivity (Wildman–Crippen MR) is 76.6 cm³/mol. The average Bonchev–Trinajstić information content (AvgIpc) is 2.93. The zero-order chi connectivity index (χ0) is 14.8. The van der Waals surface area contributed by atoms with Gasteiger partial charge in [0.05, 0.1) is 11.8 Å². The maximum absolute atomic E-state index is 12.7. The van der Waals surface area contributed by atoms with Crippen LogP contribution in [0.4, 0.5) is 0 Å². The van der Waals surface area contributed by atoms with E-state index >= 15 is 0 Å². The first-order chi connectivity index (χ1) is 10.2. The standard InChI is InChI=1S/C15H16N4O2/c1-10-12(9-17-18-10)15(21)19-8-7-16-14(20)13(19)11-5-3-2-4-6-11/h2-6,9,13H,7-8H2,1H3,(H,16,20)(H,17,18)/t13-/m1/s1. The van der Waals surface area contributed by atoms with E-state index in [-0.39, 0.29) is 11.8 Å². The quantitative estimate of drug-likeness (QED) is 0.864. The van der Waals surface area contributed by atoms with Gasteiger partial charge < -0.3 is 10.2 Å². The molecule has 108 valence electrons. The van der Waals surface area contributed by atoms with Crippen LogP contribution < -0.4 is 5.32 Å². The third-order valence-electron chi connectivity index (χ3n) is 3.65. The topological polar surface area (TPSA) is 78.1 Å². The van der Waals surface area contributed by atoms with Crippen molar-refractivity contribution >= 4 is 11.8 Å². The minimum atomic E-state index is -0.596. The van der Waals surface area contributed by atoms with Gasteiger partial charge in [0.15, 0.2) is 0 Å². The van der Waals surface area contributed by atoms with Crippen molar-refractivity contribution in [2.24, 2.45) is 0 Å². The number of rotatable bonds is 2. The Bertz CT molecular complexity index is 665. The van der Waals surface area contributed by atoms with Crippen LogP contribution in [0.1, 0.15) is 27.7 Å². The molecule has 0 saturated carbocycles. The number of carbonyl (C=O) groups excluding carboxylic acids is 2. The number of benzene rings is 1. The van der Waals surface area contributed by atoms with Gasteiger partial charge >= 0.3 is 0 Å². The van der Waals surface area contributed by atoms with Gasteiger partial charge in [-0.2, -0.15) is 5.10 Å². The fourth-order valence-corrected chi connectivity index (χ4v) is 2.57. The summed E-state index contributed by atoms with van der Waals surface area (Å²) in [5.41, 5.74) is 2.02. The number of hydrogen-bond acceptors (Lipinski definition) is 3. The number of amides is 2. The monoisotopic (exact) mass is 284 g/mol. The Balaban J connectivity index is 1.97. The molecule has 2 amide bonds. The van der Waals surface area contributed by atoms with Gasteiger partial charge in [-0.25, -0.2) is 0 Å². The number of nitrogens with one attached hydrogen (secondary N) is 2. The second-order valence-corrected chi connectivity index (χ2v) is 5.01. The summed E-state index contributed by atoms with van der Waals surface area (Å²) >= 11 is 0. The smallest absolute Gasteiger partial charge is 0.258 e. The number of carbonyl (C=O) groups is 2. The molecule has 1 saturated heterocycles. The first-order valence-corrected chi connectivity index (χ1v) is 6.82. The molecule has 1 atom stereocenters. The minimum Gasteiger partial charge on any atom is -0.352 e. The third-order valence-corrected chi connectivity index (χ3v) is 3.65. The van der Waals surface area contributed by atoms with E-state index < -0.39 is 6.04 Å². The van der Waals surface area contributed by atoms with Gasteiger partial charge in [-0.05, 0) is 12.5 Å². The Morgan fingerprint density at radius 2 is 2.10 bits per heavy atom. The molecule has 1 fully saturated rings. The lowest BCUT2D eigenvalue weighted by Crippen LogP contribution is -2.52. The molecule has 0 unspecified atom stereocenters. The lowest BCUT2D eigenvalue weighted by molar-refractivity contribution is -0.128. The molecular weight excluding hydrogens is 268 g/mol. The molecule has 0 radical (unpaired) electrons. The van der Waals surface area contributed by atoms with Crippen LogP contribution in [-0.2, 0) is 4.79 Å². The molecule has 0 aliphatic carbocycles. The number of hydrogen-bond donors (Lipinski definition) is 2. The van der Waals surface area contributed by atoms with Gasteiger partial charge in [-0.15, -0.1) is 0 Å². The van der Waals surface area contributed by atoms with Gasteiger partial charge in [-0.3, -0.25) is 14.7 Å². The molecule has 0 spiro atoms. The van der Waals surface area contributed by atoms with Crippen molar-refractivity contribution in [3.8, 4) is 0 Å². The molecule has 6 heteroatoms. The van der Waals surface area contributed by atoms with E-state index in [2.05, 4.69) is 15.5 Å². The fraction of sp³-hybridized carbons (Fsp3) is 0.267. The second kappa shape index (κ2) is 5.40. The van der Waals surface area contributed by atoms with E-state index in [4.69, 9.17) is 0 Å². The highest BCUT2D eigenvalue weighted by Gasteiger charge is 2.35. The Morgan fingerprint density at radius 1 is 1.33 bits per heavy atom.